The zero-order chi connectivity index (χ0) is 45.7. The zero-order valence-corrected chi connectivity index (χ0v) is 37.1. The van der Waals surface area contributed by atoms with Crippen LogP contribution in [-0.2, 0) is 14.3 Å². The van der Waals surface area contributed by atoms with Crippen molar-refractivity contribution in [1.29, 1.82) is 0 Å². The number of alkyl carbamates (subject to hydrolysis) is 1. The number of anilines is 1. The third-order valence-corrected chi connectivity index (χ3v) is 13.6. The highest BCUT2D eigenvalue weighted by atomic mass is 19.1. The van der Waals surface area contributed by atoms with E-state index in [-0.39, 0.29) is 41.1 Å². The number of urea groups is 1. The molecule has 0 radical (unpaired) electrons. The summed E-state index contributed by atoms with van der Waals surface area (Å²) in [4.78, 5) is 76.9. The molecule has 346 valence electrons. The summed E-state index contributed by atoms with van der Waals surface area (Å²) in [6.45, 7) is 3.18. The van der Waals surface area contributed by atoms with Crippen molar-refractivity contribution in [2.75, 3.05) is 51.3 Å². The van der Waals surface area contributed by atoms with Crippen LogP contribution in [0.3, 0.4) is 0 Å². The van der Waals surface area contributed by atoms with E-state index in [0.717, 1.165) is 43.4 Å². The van der Waals surface area contributed by atoms with Crippen LogP contribution in [0.2, 0.25) is 0 Å². The summed E-state index contributed by atoms with van der Waals surface area (Å²) in [7, 11) is 1.24. The predicted molar refractivity (Wildman–Crippen MR) is 242 cm³/mol. The van der Waals surface area contributed by atoms with Crippen molar-refractivity contribution in [2.24, 2.45) is 0 Å². The van der Waals surface area contributed by atoms with Crippen molar-refractivity contribution in [2.45, 2.75) is 87.9 Å². The number of halogens is 2. The first-order valence-electron chi connectivity index (χ1n) is 23.1. The number of ether oxygens (including phenoxy) is 1. The average Bonchev–Trinajstić information content (AvgIpc) is 4.21. The summed E-state index contributed by atoms with van der Waals surface area (Å²) in [5.41, 5.74) is 2.88. The van der Waals surface area contributed by atoms with Crippen LogP contribution in [-0.4, -0.2) is 105 Å². The number of hydrogen-bond acceptors (Lipinski definition) is 8. The Hall–Kier alpha value is -6.78. The number of carbonyl (C=O) groups is 4. The van der Waals surface area contributed by atoms with Gasteiger partial charge in [-0.05, 0) is 81.0 Å². The number of H-pyrrole nitrogens is 2. The molecule has 0 bridgehead atoms. The van der Waals surface area contributed by atoms with E-state index in [2.05, 4.69) is 25.6 Å². The molecule has 4 atom stereocenters. The van der Waals surface area contributed by atoms with Gasteiger partial charge in [-0.2, -0.15) is 0 Å². The molecule has 4 aliphatic heterocycles. The lowest BCUT2D eigenvalue weighted by atomic mass is 9.93. The Balaban J connectivity index is 0.838. The molecule has 5 amide bonds. The molecule has 0 spiro atoms. The number of piperidine rings is 2. The Bertz CT molecular complexity index is 2480. The molecule has 9 rings (SSSR count). The van der Waals surface area contributed by atoms with Crippen LogP contribution in [0, 0.1) is 11.6 Å². The number of nitrogens with zero attached hydrogens (tertiary/aromatic N) is 6. The second-order valence-corrected chi connectivity index (χ2v) is 17.7. The topological polar surface area (TPSA) is 172 Å². The molecule has 66 heavy (non-hydrogen) atoms. The SMILES string of the molecule is COC(=O)N[C@@H](C(=O)N1CCC[C@H]1c1ncc(-c2cc(F)c(N3CCC(c4cnc([C@@H]5CCCN5C(=O)[C@H](NC(=O)N5CCCCC5)c5ccccc5)[nH]4)CC3)c(F)c2)[nH]1)c1ccccc1. The maximum atomic E-state index is 16.0. The minimum absolute atomic E-state index is 0.0732. The summed E-state index contributed by atoms with van der Waals surface area (Å²) in [6, 6.07) is 18.2. The number of aromatic amines is 2. The largest absolute Gasteiger partial charge is 0.453 e. The summed E-state index contributed by atoms with van der Waals surface area (Å²) in [6.07, 6.45) is 9.73. The summed E-state index contributed by atoms with van der Waals surface area (Å²) < 4.78 is 36.8. The van der Waals surface area contributed by atoms with Gasteiger partial charge >= 0.3 is 12.1 Å². The molecular weight excluding hydrogens is 847 g/mol. The standard InChI is InChI=1S/C49H56F2N10O5/c1-66-49(65)57-42(33-15-7-3-8-16-33)47(63)61-24-12-18-40(61)45-53-30-38(55-45)34-27-35(50)43(36(51)28-34)58-25-19-31(20-26-58)37-29-52-44(54-37)39-17-11-23-60(39)46(62)41(32-13-5-2-6-14-32)56-48(64)59-21-9-4-10-22-59/h2-3,5-8,13-16,27-31,39-42H,4,9-12,17-26H2,1H3,(H,52,54)(H,53,55)(H,56,64)(H,57,65)/t39-,40-,41+,42+/m0/s1. The molecule has 2 aromatic heterocycles. The van der Waals surface area contributed by atoms with Gasteiger partial charge in [0.15, 0.2) is 0 Å². The minimum atomic E-state index is -0.975. The van der Waals surface area contributed by atoms with Crippen LogP contribution in [0.1, 0.15) is 116 Å². The van der Waals surface area contributed by atoms with E-state index in [1.54, 1.807) is 39.0 Å². The fourth-order valence-corrected chi connectivity index (χ4v) is 10.1. The molecule has 4 fully saturated rings. The zero-order valence-electron chi connectivity index (χ0n) is 37.1. The van der Waals surface area contributed by atoms with E-state index < -0.39 is 35.9 Å². The van der Waals surface area contributed by atoms with Crippen molar-refractivity contribution < 1.29 is 32.7 Å². The normalized spacial score (nSPS) is 20.0. The third kappa shape index (κ3) is 9.33. The van der Waals surface area contributed by atoms with E-state index in [4.69, 9.17) is 9.72 Å². The maximum Gasteiger partial charge on any atom is 0.407 e. The lowest BCUT2D eigenvalue weighted by Crippen LogP contribution is -2.48. The maximum absolute atomic E-state index is 16.0. The summed E-state index contributed by atoms with van der Waals surface area (Å²) in [5.74, 6) is -0.610. The van der Waals surface area contributed by atoms with Crippen molar-refractivity contribution in [3.05, 3.63) is 125 Å². The molecule has 4 saturated heterocycles. The monoisotopic (exact) mass is 902 g/mol. The molecule has 4 N–H and O–H groups in total. The number of carbonyl (C=O) groups excluding carboxylic acids is 4. The predicted octanol–water partition coefficient (Wildman–Crippen LogP) is 7.82. The van der Waals surface area contributed by atoms with Crippen molar-refractivity contribution in [1.82, 2.24) is 45.3 Å². The Morgan fingerprint density at radius 1 is 0.667 bits per heavy atom. The molecule has 0 unspecified atom stereocenters. The Morgan fingerprint density at radius 2 is 1.21 bits per heavy atom. The number of benzene rings is 3. The van der Waals surface area contributed by atoms with E-state index in [9.17, 15) is 19.2 Å². The van der Waals surface area contributed by atoms with Crippen LogP contribution in [0.4, 0.5) is 24.1 Å². The average molecular weight is 903 g/mol. The number of methoxy groups -OCH3 is 1. The van der Waals surface area contributed by atoms with Gasteiger partial charge in [-0.1, -0.05) is 60.7 Å². The molecule has 5 aromatic rings. The smallest absolute Gasteiger partial charge is 0.407 e. The van der Waals surface area contributed by atoms with Gasteiger partial charge in [0.2, 0.25) is 5.91 Å². The van der Waals surface area contributed by atoms with Gasteiger partial charge in [0.25, 0.3) is 5.91 Å². The van der Waals surface area contributed by atoms with Gasteiger partial charge in [0.1, 0.15) is 41.1 Å². The molecule has 0 aliphatic carbocycles. The fourth-order valence-electron chi connectivity index (χ4n) is 10.1. The first-order valence-corrected chi connectivity index (χ1v) is 23.1. The van der Waals surface area contributed by atoms with Crippen LogP contribution in [0.15, 0.2) is 85.2 Å². The molecule has 6 heterocycles. The first kappa shape index (κ1) is 44.4. The number of rotatable bonds is 11. The van der Waals surface area contributed by atoms with Crippen molar-refractivity contribution in [3.63, 3.8) is 0 Å². The molecule has 0 saturated carbocycles. The number of imidazole rings is 2. The van der Waals surface area contributed by atoms with Gasteiger partial charge in [0.05, 0.1) is 31.1 Å². The summed E-state index contributed by atoms with van der Waals surface area (Å²) in [5, 5.41) is 5.71. The number of aromatic nitrogens is 4. The summed E-state index contributed by atoms with van der Waals surface area (Å²) >= 11 is 0. The quantitative estimate of drug-likeness (QED) is 0.104. The van der Waals surface area contributed by atoms with Crippen molar-refractivity contribution >= 4 is 29.6 Å². The molecule has 4 aliphatic rings. The number of amides is 5. The molecular formula is C49H56F2N10O5. The van der Waals surface area contributed by atoms with Crippen LogP contribution < -0.4 is 15.5 Å². The minimum Gasteiger partial charge on any atom is -0.453 e. The highest BCUT2D eigenvalue weighted by Crippen LogP contribution is 2.39. The number of nitrogens with one attached hydrogen (secondary N) is 4. The number of likely N-dealkylation sites (tertiary alicyclic amines) is 3. The van der Waals surface area contributed by atoms with E-state index in [0.29, 0.717) is 87.9 Å². The van der Waals surface area contributed by atoms with Gasteiger partial charge in [-0.25, -0.2) is 28.3 Å². The molecule has 3 aromatic carbocycles. The van der Waals surface area contributed by atoms with Crippen LogP contribution in [0.25, 0.3) is 11.3 Å². The lowest BCUT2D eigenvalue weighted by molar-refractivity contribution is -0.135. The van der Waals surface area contributed by atoms with Gasteiger partial charge in [0, 0.05) is 62.6 Å². The van der Waals surface area contributed by atoms with E-state index in [1.165, 1.54) is 25.4 Å². The van der Waals surface area contributed by atoms with Gasteiger partial charge in [-0.3, -0.25) is 9.59 Å². The van der Waals surface area contributed by atoms with Crippen LogP contribution in [0.5, 0.6) is 0 Å². The van der Waals surface area contributed by atoms with Crippen molar-refractivity contribution in [3.8, 4) is 11.3 Å². The molecule has 15 nitrogen and oxygen atoms in total. The Labute approximate surface area is 382 Å². The molecule has 17 heteroatoms. The third-order valence-electron chi connectivity index (χ3n) is 13.6. The van der Waals surface area contributed by atoms with Crippen LogP contribution >= 0.6 is 0 Å². The number of hydrogen-bond donors (Lipinski definition) is 4. The fraction of sp³-hybridized carbons (Fsp3) is 0.429. The first-order chi connectivity index (χ1) is 32.2. The second kappa shape index (κ2) is 19.8. The van der Waals surface area contributed by atoms with E-state index in [1.807, 2.05) is 47.5 Å². The van der Waals surface area contributed by atoms with Gasteiger partial charge in [-0.15, -0.1) is 0 Å². The Morgan fingerprint density at radius 3 is 1.79 bits per heavy atom. The highest BCUT2D eigenvalue weighted by molar-refractivity contribution is 5.89. The highest BCUT2D eigenvalue weighted by Gasteiger charge is 2.39. The van der Waals surface area contributed by atoms with Gasteiger partial charge < -0.3 is 44.9 Å². The second-order valence-electron chi connectivity index (χ2n) is 17.7. The Kier molecular flexibility index (Phi) is 13.3. The van der Waals surface area contributed by atoms with E-state index >= 15 is 8.78 Å². The lowest BCUT2D eigenvalue weighted by Gasteiger charge is -2.33.